The Labute approximate surface area is 256 Å². The highest BCUT2D eigenvalue weighted by atomic mass is 16.5. The van der Waals surface area contributed by atoms with Gasteiger partial charge in [-0.05, 0) is 88.8 Å². The molecule has 1 aromatic rings. The summed E-state index contributed by atoms with van der Waals surface area (Å²) in [5.41, 5.74) is 1.80. The lowest BCUT2D eigenvalue weighted by molar-refractivity contribution is -0.130. The number of carbonyl (C=O) groups is 2. The zero-order valence-corrected chi connectivity index (χ0v) is 26.9. The number of rotatable bonds is 22. The minimum absolute atomic E-state index is 0.00174. The van der Waals surface area contributed by atoms with E-state index in [1.807, 2.05) is 26.8 Å². The Kier molecular flexibility index (Phi) is 20.3. The number of amides is 2. The Bertz CT molecular complexity index is 1050. The van der Waals surface area contributed by atoms with Crippen LogP contribution in [0.1, 0.15) is 96.1 Å². The van der Waals surface area contributed by atoms with Crippen LogP contribution in [0.4, 0.5) is 0 Å². The van der Waals surface area contributed by atoms with Crippen molar-refractivity contribution in [2.24, 2.45) is 5.41 Å². The summed E-state index contributed by atoms with van der Waals surface area (Å²) in [6.45, 7) is 11.6. The Balaban J connectivity index is 2.05. The lowest BCUT2D eigenvalue weighted by atomic mass is 9.87. The first-order valence-corrected chi connectivity index (χ1v) is 15.8. The second-order valence-electron chi connectivity index (χ2n) is 11.3. The average Bonchev–Trinajstić information content (AvgIpc) is 2.96. The minimum Gasteiger partial charge on any atom is -0.493 e. The van der Waals surface area contributed by atoms with Gasteiger partial charge in [0.2, 0.25) is 11.8 Å². The summed E-state index contributed by atoms with van der Waals surface area (Å²) >= 11 is 0. The number of hydrogen-bond acceptors (Lipinski definition) is 3. The average molecular weight is 577 g/mol. The lowest BCUT2D eigenvalue weighted by Gasteiger charge is -2.23. The largest absolute Gasteiger partial charge is 0.493 e. The van der Waals surface area contributed by atoms with E-state index in [-0.39, 0.29) is 11.8 Å². The van der Waals surface area contributed by atoms with Gasteiger partial charge < -0.3 is 15.4 Å². The second kappa shape index (κ2) is 23.2. The van der Waals surface area contributed by atoms with Gasteiger partial charge in [-0.15, -0.1) is 0 Å². The molecule has 1 rings (SSSR count). The maximum atomic E-state index is 12.6. The Hall–Kier alpha value is -3.34. The van der Waals surface area contributed by atoms with E-state index in [4.69, 9.17) is 4.74 Å². The molecule has 0 radical (unpaired) electrons. The topological polar surface area (TPSA) is 67.4 Å². The number of ether oxygens (including phenoxy) is 1. The smallest absolute Gasteiger partial charge is 0.225 e. The number of nitrogens with one attached hydrogen (secondary N) is 2. The first-order chi connectivity index (χ1) is 20.3. The quantitative estimate of drug-likeness (QED) is 0.107. The number of aryl methyl sites for hydroxylation is 2. The fraction of sp³-hybridized carbons (Fsp3) is 0.514. The van der Waals surface area contributed by atoms with Gasteiger partial charge in [-0.25, -0.2) is 0 Å². The predicted molar refractivity (Wildman–Crippen MR) is 179 cm³/mol. The normalized spacial score (nSPS) is 12.4. The van der Waals surface area contributed by atoms with Gasteiger partial charge in [0.15, 0.2) is 0 Å². The molecule has 2 amide bonds. The summed E-state index contributed by atoms with van der Waals surface area (Å²) in [6.07, 6.45) is 30.5. The summed E-state index contributed by atoms with van der Waals surface area (Å²) in [6, 6.07) is 6.19. The van der Waals surface area contributed by atoms with Crippen LogP contribution in [0.15, 0.2) is 79.0 Å². The van der Waals surface area contributed by atoms with E-state index in [0.717, 1.165) is 69.1 Å². The highest BCUT2D eigenvalue weighted by molar-refractivity contribution is 5.81. The van der Waals surface area contributed by atoms with Crippen LogP contribution in [-0.2, 0) is 9.59 Å². The van der Waals surface area contributed by atoms with Crippen LogP contribution in [0, 0.1) is 19.3 Å². The molecule has 0 spiro atoms. The predicted octanol–water partition coefficient (Wildman–Crippen LogP) is 8.64. The first-order valence-electron chi connectivity index (χ1n) is 15.8. The highest BCUT2D eigenvalue weighted by Crippen LogP contribution is 2.24. The SMILES string of the molecule is CC/C=C\C/C=C\C/C=C\C/C=C\C/C=C\CCCC(=O)NCCNC(=O)C(C)(C)CCCOc1cc(C)ccc1C. The maximum absolute atomic E-state index is 12.6. The zero-order valence-electron chi connectivity index (χ0n) is 26.9. The monoisotopic (exact) mass is 576 g/mol. The van der Waals surface area contributed by atoms with Gasteiger partial charge in [-0.1, -0.05) is 93.7 Å². The maximum Gasteiger partial charge on any atom is 0.225 e. The van der Waals surface area contributed by atoms with Gasteiger partial charge >= 0.3 is 0 Å². The van der Waals surface area contributed by atoms with E-state index in [2.05, 4.69) is 97.4 Å². The van der Waals surface area contributed by atoms with E-state index >= 15 is 0 Å². The van der Waals surface area contributed by atoms with Crippen LogP contribution >= 0.6 is 0 Å². The second-order valence-corrected chi connectivity index (χ2v) is 11.3. The zero-order chi connectivity index (χ0) is 30.9. The Morgan fingerprint density at radius 1 is 0.786 bits per heavy atom. The molecule has 2 N–H and O–H groups in total. The van der Waals surface area contributed by atoms with Crippen molar-refractivity contribution in [1.29, 1.82) is 0 Å². The van der Waals surface area contributed by atoms with Crippen LogP contribution in [0.2, 0.25) is 0 Å². The molecule has 42 heavy (non-hydrogen) atoms. The molecule has 0 saturated heterocycles. The summed E-state index contributed by atoms with van der Waals surface area (Å²) in [5, 5.41) is 5.86. The third kappa shape index (κ3) is 18.9. The van der Waals surface area contributed by atoms with E-state index in [1.54, 1.807) is 0 Å². The first kappa shape index (κ1) is 36.7. The summed E-state index contributed by atoms with van der Waals surface area (Å²) in [5.74, 6) is 0.937. The van der Waals surface area contributed by atoms with Gasteiger partial charge in [0.1, 0.15) is 5.75 Å². The molecule has 0 bridgehead atoms. The van der Waals surface area contributed by atoms with Gasteiger partial charge in [0, 0.05) is 24.9 Å². The Morgan fingerprint density at radius 2 is 1.36 bits per heavy atom. The van der Waals surface area contributed by atoms with Crippen molar-refractivity contribution >= 4 is 11.8 Å². The van der Waals surface area contributed by atoms with Crippen LogP contribution in [0.25, 0.3) is 0 Å². The van der Waals surface area contributed by atoms with Crippen LogP contribution in [-0.4, -0.2) is 31.5 Å². The van der Waals surface area contributed by atoms with Gasteiger partial charge in [0.25, 0.3) is 0 Å². The molecule has 5 heteroatoms. The number of allylic oxidation sites excluding steroid dienone is 10. The molecule has 0 atom stereocenters. The van der Waals surface area contributed by atoms with Crippen LogP contribution in [0.5, 0.6) is 5.75 Å². The number of hydrogen-bond donors (Lipinski definition) is 2. The van der Waals surface area contributed by atoms with Crippen molar-refractivity contribution < 1.29 is 14.3 Å². The van der Waals surface area contributed by atoms with Crippen molar-refractivity contribution in [2.75, 3.05) is 19.7 Å². The van der Waals surface area contributed by atoms with Crippen molar-refractivity contribution in [3.8, 4) is 5.75 Å². The fourth-order valence-corrected chi connectivity index (χ4v) is 4.13. The molecule has 0 heterocycles. The lowest BCUT2D eigenvalue weighted by Crippen LogP contribution is -2.41. The molecule has 0 saturated carbocycles. The fourth-order valence-electron chi connectivity index (χ4n) is 4.13. The van der Waals surface area contributed by atoms with Crippen molar-refractivity contribution in [3.05, 3.63) is 90.1 Å². The van der Waals surface area contributed by atoms with Crippen molar-refractivity contribution in [2.45, 2.75) is 98.8 Å². The molecule has 5 nitrogen and oxygen atoms in total. The van der Waals surface area contributed by atoms with Crippen molar-refractivity contribution in [3.63, 3.8) is 0 Å². The molecule has 0 aliphatic rings. The van der Waals surface area contributed by atoms with Gasteiger partial charge in [0.05, 0.1) is 6.61 Å². The number of unbranched alkanes of at least 4 members (excludes halogenated alkanes) is 1. The summed E-state index contributed by atoms with van der Waals surface area (Å²) in [7, 11) is 0. The van der Waals surface area contributed by atoms with E-state index in [1.165, 1.54) is 5.56 Å². The summed E-state index contributed by atoms with van der Waals surface area (Å²) < 4.78 is 5.92. The van der Waals surface area contributed by atoms with E-state index in [0.29, 0.717) is 26.1 Å². The molecular formula is C37H56N2O3. The van der Waals surface area contributed by atoms with Crippen molar-refractivity contribution in [1.82, 2.24) is 10.6 Å². The molecule has 0 fully saturated rings. The molecule has 0 aromatic heterocycles. The van der Waals surface area contributed by atoms with Crippen LogP contribution in [0.3, 0.4) is 0 Å². The standard InChI is InChI=1S/C37H56N2O3/c1-6-7-8-9-10-11-12-13-14-15-16-17-18-19-20-21-22-24-35(40)38-28-29-39-36(41)37(4,5)27-23-30-42-34-31-32(2)25-26-33(34)3/h7-8,10-11,13-14,16-17,19-20,25-26,31H,6,9,12,15,18,21-24,27-30H2,1-5H3,(H,38,40)(H,39,41)/b8-7-,11-10-,14-13-,17-16-,20-19-. The van der Waals surface area contributed by atoms with E-state index in [9.17, 15) is 9.59 Å². The third-order valence-electron chi connectivity index (χ3n) is 6.83. The molecule has 0 unspecified atom stereocenters. The minimum atomic E-state index is -0.490. The van der Waals surface area contributed by atoms with Gasteiger partial charge in [-0.3, -0.25) is 9.59 Å². The number of carbonyl (C=O) groups excluding carboxylic acids is 2. The molecule has 232 valence electrons. The van der Waals surface area contributed by atoms with E-state index < -0.39 is 5.41 Å². The molecule has 0 aliphatic heterocycles. The third-order valence-corrected chi connectivity index (χ3v) is 6.83. The van der Waals surface area contributed by atoms with Gasteiger partial charge in [-0.2, -0.15) is 0 Å². The molecule has 1 aromatic carbocycles. The highest BCUT2D eigenvalue weighted by Gasteiger charge is 2.26. The Morgan fingerprint density at radius 3 is 1.98 bits per heavy atom. The molecule has 0 aliphatic carbocycles. The van der Waals surface area contributed by atoms with Crippen LogP contribution < -0.4 is 15.4 Å². The molecular weight excluding hydrogens is 520 g/mol. The summed E-state index contributed by atoms with van der Waals surface area (Å²) in [4.78, 5) is 24.7. The number of benzene rings is 1.